The van der Waals surface area contributed by atoms with Gasteiger partial charge in [-0.1, -0.05) is 23.7 Å². The monoisotopic (exact) mass is 346 g/mol. The fraction of sp³-hybridized carbons (Fsp3) is 0.500. The standard InChI is InChI=1S/C14H19ClN2O4S/c15-12-3-1-2-4-13(12)17-7-5-16(6-8-17)9-10-22(20,21)11-14(18)19/h1-4H,5-11H2,(H,18,19). The zero-order valence-corrected chi connectivity index (χ0v) is 13.7. The Morgan fingerprint density at radius 2 is 1.82 bits per heavy atom. The number of aliphatic carboxylic acids is 1. The number of carboxylic acids is 1. The fourth-order valence-electron chi connectivity index (χ4n) is 2.45. The molecular formula is C14H19ClN2O4S. The van der Waals surface area contributed by atoms with E-state index in [1.54, 1.807) is 0 Å². The molecule has 0 atom stereocenters. The lowest BCUT2D eigenvalue weighted by atomic mass is 10.2. The third kappa shape index (κ3) is 4.86. The van der Waals surface area contributed by atoms with Gasteiger partial charge in [-0.2, -0.15) is 0 Å². The van der Waals surface area contributed by atoms with Gasteiger partial charge in [-0.15, -0.1) is 0 Å². The molecule has 0 radical (unpaired) electrons. The van der Waals surface area contributed by atoms with Crippen LogP contribution in [0.3, 0.4) is 0 Å². The highest BCUT2D eigenvalue weighted by Gasteiger charge is 2.21. The van der Waals surface area contributed by atoms with E-state index >= 15 is 0 Å². The van der Waals surface area contributed by atoms with Crippen LogP contribution in [0.15, 0.2) is 24.3 Å². The third-order valence-corrected chi connectivity index (χ3v) is 5.44. The molecule has 8 heteroatoms. The van der Waals surface area contributed by atoms with Crippen LogP contribution < -0.4 is 4.90 Å². The molecule has 1 saturated heterocycles. The van der Waals surface area contributed by atoms with Crippen molar-refractivity contribution in [3.05, 3.63) is 29.3 Å². The minimum absolute atomic E-state index is 0.120. The zero-order chi connectivity index (χ0) is 16.2. The number of sulfone groups is 1. The van der Waals surface area contributed by atoms with Crippen LogP contribution in [0.25, 0.3) is 0 Å². The molecule has 0 bridgehead atoms. The van der Waals surface area contributed by atoms with Crippen molar-refractivity contribution >= 4 is 33.1 Å². The molecule has 0 aromatic heterocycles. The van der Waals surface area contributed by atoms with E-state index in [0.717, 1.165) is 31.9 Å². The van der Waals surface area contributed by atoms with Crippen LogP contribution in [-0.4, -0.2) is 68.6 Å². The molecular weight excluding hydrogens is 328 g/mol. The number of anilines is 1. The minimum Gasteiger partial charge on any atom is -0.480 e. The Morgan fingerprint density at radius 3 is 2.41 bits per heavy atom. The Hall–Kier alpha value is -1.31. The van der Waals surface area contributed by atoms with E-state index in [0.29, 0.717) is 11.6 Å². The highest BCUT2D eigenvalue weighted by atomic mass is 35.5. The smallest absolute Gasteiger partial charge is 0.318 e. The van der Waals surface area contributed by atoms with E-state index < -0.39 is 21.6 Å². The Balaban J connectivity index is 1.83. The Bertz CT molecular complexity index is 627. The van der Waals surface area contributed by atoms with E-state index in [-0.39, 0.29) is 5.75 Å². The van der Waals surface area contributed by atoms with Crippen LogP contribution in [0.5, 0.6) is 0 Å². The van der Waals surface area contributed by atoms with Gasteiger partial charge in [0.05, 0.1) is 16.5 Å². The fourth-order valence-corrected chi connectivity index (χ4v) is 3.76. The van der Waals surface area contributed by atoms with Gasteiger partial charge in [0.25, 0.3) is 0 Å². The number of carbonyl (C=O) groups is 1. The highest BCUT2D eigenvalue weighted by Crippen LogP contribution is 2.25. The molecule has 1 aliphatic rings. The second-order valence-electron chi connectivity index (χ2n) is 5.27. The number of rotatable bonds is 6. The van der Waals surface area contributed by atoms with Crippen LogP contribution in [0.4, 0.5) is 5.69 Å². The first kappa shape index (κ1) is 17.1. The molecule has 1 heterocycles. The maximum atomic E-state index is 11.6. The Kier molecular flexibility index (Phi) is 5.66. The average Bonchev–Trinajstić information content (AvgIpc) is 2.45. The predicted octanol–water partition coefficient (Wildman–Crippen LogP) is 0.961. The van der Waals surface area contributed by atoms with Crippen LogP contribution in [0.2, 0.25) is 5.02 Å². The van der Waals surface area contributed by atoms with Crippen LogP contribution >= 0.6 is 11.6 Å². The van der Waals surface area contributed by atoms with Crippen LogP contribution in [0, 0.1) is 0 Å². The number of hydrogen-bond donors (Lipinski definition) is 1. The van der Waals surface area contributed by atoms with E-state index in [4.69, 9.17) is 16.7 Å². The Labute approximate surface area is 135 Å². The van der Waals surface area contributed by atoms with E-state index in [2.05, 4.69) is 4.90 Å². The molecule has 1 fully saturated rings. The summed E-state index contributed by atoms with van der Waals surface area (Å²) in [6.45, 7) is 3.36. The van der Waals surface area contributed by atoms with Crippen LogP contribution in [-0.2, 0) is 14.6 Å². The van der Waals surface area contributed by atoms with Crippen molar-refractivity contribution < 1.29 is 18.3 Å². The summed E-state index contributed by atoms with van der Waals surface area (Å²) in [7, 11) is -3.53. The summed E-state index contributed by atoms with van der Waals surface area (Å²) in [6.07, 6.45) is 0. The number of halogens is 1. The molecule has 0 spiro atoms. The van der Waals surface area contributed by atoms with Gasteiger partial charge in [0.1, 0.15) is 5.75 Å². The maximum Gasteiger partial charge on any atom is 0.318 e. The quantitative estimate of drug-likeness (QED) is 0.826. The van der Waals surface area contributed by atoms with Gasteiger partial charge in [0.15, 0.2) is 9.84 Å². The van der Waals surface area contributed by atoms with Crippen molar-refractivity contribution in [2.75, 3.05) is 49.1 Å². The summed E-state index contributed by atoms with van der Waals surface area (Å²) in [5.41, 5.74) is 0.988. The van der Waals surface area contributed by atoms with Crippen LogP contribution in [0.1, 0.15) is 0 Å². The number of hydrogen-bond acceptors (Lipinski definition) is 5. The van der Waals surface area contributed by atoms with Crippen molar-refractivity contribution in [2.45, 2.75) is 0 Å². The predicted molar refractivity (Wildman–Crippen MR) is 86.4 cm³/mol. The van der Waals surface area contributed by atoms with Gasteiger partial charge in [-0.05, 0) is 12.1 Å². The molecule has 122 valence electrons. The molecule has 0 amide bonds. The van der Waals surface area contributed by atoms with Gasteiger partial charge in [0, 0.05) is 32.7 Å². The molecule has 1 aromatic rings. The normalized spacial score (nSPS) is 16.7. The second kappa shape index (κ2) is 7.30. The summed E-state index contributed by atoms with van der Waals surface area (Å²) in [5, 5.41) is 9.27. The van der Waals surface area contributed by atoms with Crippen molar-refractivity contribution in [1.29, 1.82) is 0 Å². The van der Waals surface area contributed by atoms with E-state index in [1.165, 1.54) is 0 Å². The SMILES string of the molecule is O=C(O)CS(=O)(=O)CCN1CCN(c2ccccc2Cl)CC1. The zero-order valence-electron chi connectivity index (χ0n) is 12.1. The second-order valence-corrected chi connectivity index (χ2v) is 7.86. The van der Waals surface area contributed by atoms with Gasteiger partial charge in [-0.3, -0.25) is 9.69 Å². The first-order valence-electron chi connectivity index (χ1n) is 7.01. The Morgan fingerprint density at radius 1 is 1.18 bits per heavy atom. The summed E-state index contributed by atoms with van der Waals surface area (Å²) in [6, 6.07) is 7.64. The average molecular weight is 347 g/mol. The summed E-state index contributed by atoms with van der Waals surface area (Å²) < 4.78 is 23.2. The number of para-hydroxylation sites is 1. The van der Waals surface area contributed by atoms with Gasteiger partial charge in [-0.25, -0.2) is 8.42 Å². The van der Waals surface area contributed by atoms with E-state index in [1.807, 2.05) is 29.2 Å². The molecule has 6 nitrogen and oxygen atoms in total. The maximum absolute atomic E-state index is 11.6. The molecule has 0 unspecified atom stereocenters. The van der Waals surface area contributed by atoms with E-state index in [9.17, 15) is 13.2 Å². The first-order valence-corrected chi connectivity index (χ1v) is 9.21. The molecule has 1 aliphatic heterocycles. The summed E-state index contributed by atoms with van der Waals surface area (Å²) in [4.78, 5) is 14.7. The summed E-state index contributed by atoms with van der Waals surface area (Å²) in [5.74, 6) is -2.22. The lowest BCUT2D eigenvalue weighted by molar-refractivity contribution is -0.134. The topological polar surface area (TPSA) is 77.9 Å². The number of piperazine rings is 1. The number of nitrogens with zero attached hydrogens (tertiary/aromatic N) is 2. The molecule has 1 aromatic carbocycles. The number of carboxylic acid groups (broad SMARTS) is 1. The lowest BCUT2D eigenvalue weighted by Gasteiger charge is -2.36. The molecule has 0 aliphatic carbocycles. The van der Waals surface area contributed by atoms with Crippen molar-refractivity contribution in [3.8, 4) is 0 Å². The molecule has 2 rings (SSSR count). The van der Waals surface area contributed by atoms with Crippen molar-refractivity contribution in [1.82, 2.24) is 4.90 Å². The number of benzene rings is 1. The largest absolute Gasteiger partial charge is 0.480 e. The van der Waals surface area contributed by atoms with Gasteiger partial charge >= 0.3 is 5.97 Å². The summed E-state index contributed by atoms with van der Waals surface area (Å²) >= 11 is 6.17. The van der Waals surface area contributed by atoms with Crippen molar-refractivity contribution in [2.24, 2.45) is 0 Å². The minimum atomic E-state index is -3.53. The van der Waals surface area contributed by atoms with Crippen molar-refractivity contribution in [3.63, 3.8) is 0 Å². The highest BCUT2D eigenvalue weighted by molar-refractivity contribution is 7.92. The molecule has 0 saturated carbocycles. The van der Waals surface area contributed by atoms with Gasteiger partial charge < -0.3 is 10.0 Å². The third-order valence-electron chi connectivity index (χ3n) is 3.63. The first-order chi connectivity index (χ1) is 10.4. The van der Waals surface area contributed by atoms with Gasteiger partial charge in [0.2, 0.25) is 0 Å². The lowest BCUT2D eigenvalue weighted by Crippen LogP contribution is -2.47. The molecule has 22 heavy (non-hydrogen) atoms. The molecule has 1 N–H and O–H groups in total.